The van der Waals surface area contributed by atoms with E-state index in [1.54, 1.807) is 13.8 Å². The fraction of sp³-hybridized carbons (Fsp3) is 0.750. The van der Waals surface area contributed by atoms with Crippen molar-refractivity contribution in [3.8, 4) is 0 Å². The molecule has 15 aliphatic carbocycles. The maximum absolute atomic E-state index is 16.4. The summed E-state index contributed by atoms with van der Waals surface area (Å²) in [6.45, 7) is 33.6. The third kappa shape index (κ3) is 7.11. The lowest BCUT2D eigenvalue weighted by Crippen LogP contribution is -2.48. The van der Waals surface area contributed by atoms with E-state index < -0.39 is 148 Å². The normalized spacial score (nSPS) is 55.9. The van der Waals surface area contributed by atoms with Crippen LogP contribution in [0.15, 0.2) is 36.5 Å². The lowest BCUT2D eigenvalue weighted by Gasteiger charge is -2.48. The van der Waals surface area contributed by atoms with Crippen molar-refractivity contribution in [1.29, 1.82) is 0 Å². The van der Waals surface area contributed by atoms with E-state index in [-0.39, 0.29) is 172 Å². The highest BCUT2D eigenvalue weighted by atomic mass is 16.2. The number of nitrogens with zero attached hydrogens (tertiary/aromatic N) is 1. The average Bonchev–Trinajstić information content (AvgIpc) is 1.53. The molecule has 0 radical (unpaired) electrons. The van der Waals surface area contributed by atoms with E-state index in [0.717, 1.165) is 18.4 Å². The zero-order valence-electron chi connectivity index (χ0n) is 54.0. The highest BCUT2D eigenvalue weighted by molar-refractivity contribution is 6.17. The average molecular weight is 1230 g/mol. The molecule has 0 aromatic carbocycles. The molecule has 16 fully saturated rings. The monoisotopic (exact) mass is 1230 g/mol. The van der Waals surface area contributed by atoms with Gasteiger partial charge >= 0.3 is 0 Å². The van der Waals surface area contributed by atoms with Gasteiger partial charge in [0.25, 0.3) is 0 Å². The van der Waals surface area contributed by atoms with Crippen LogP contribution >= 0.6 is 0 Å². The summed E-state index contributed by atoms with van der Waals surface area (Å²) in [5.41, 5.74) is 1.97. The van der Waals surface area contributed by atoms with E-state index in [2.05, 4.69) is 41.2 Å². The summed E-state index contributed by atoms with van der Waals surface area (Å²) in [5.74, 6) is -20.4. The Morgan fingerprint density at radius 3 is 1.02 bits per heavy atom. The van der Waals surface area contributed by atoms with Crippen LogP contribution in [0.2, 0.25) is 0 Å². The van der Waals surface area contributed by atoms with Crippen molar-refractivity contribution in [1.82, 2.24) is 4.90 Å². The van der Waals surface area contributed by atoms with E-state index in [1.165, 1.54) is 4.90 Å². The maximum atomic E-state index is 16.4. The number of Topliss-reactive ketones (excluding diaryl/α,β-unsaturated/α-hetero) is 11. The second-order valence-electron chi connectivity index (χ2n) is 34.0. The molecule has 2 amide bonds. The van der Waals surface area contributed by atoms with Gasteiger partial charge in [0.05, 0.1) is 35.5 Å². The van der Waals surface area contributed by atoms with Crippen molar-refractivity contribution in [3.05, 3.63) is 36.5 Å². The van der Waals surface area contributed by atoms with Gasteiger partial charge < -0.3 is 0 Å². The summed E-state index contributed by atoms with van der Waals surface area (Å²) in [6.07, 6.45) is 2.59. The van der Waals surface area contributed by atoms with E-state index in [9.17, 15) is 33.6 Å². The minimum Gasteiger partial charge on any atom is -0.299 e. The summed E-state index contributed by atoms with van der Waals surface area (Å²) in [4.78, 5) is 195. The van der Waals surface area contributed by atoms with E-state index >= 15 is 28.8 Å². The van der Waals surface area contributed by atoms with Gasteiger partial charge in [-0.15, -0.1) is 0 Å². The van der Waals surface area contributed by atoms with Gasteiger partial charge in [0.15, 0.2) is 0 Å². The molecule has 14 nitrogen and oxygen atoms in total. The highest BCUT2D eigenvalue weighted by Crippen LogP contribution is 2.74. The van der Waals surface area contributed by atoms with Crippen molar-refractivity contribution in [2.24, 2.45) is 231 Å². The topological polar surface area (TPSA) is 225 Å². The molecule has 478 valence electrons. The molecule has 0 spiro atoms. The molecule has 0 N–H and O–H groups in total. The van der Waals surface area contributed by atoms with Crippen molar-refractivity contribution in [2.45, 2.75) is 114 Å². The first-order chi connectivity index (χ1) is 42.5. The van der Waals surface area contributed by atoms with Crippen LogP contribution in [0.5, 0.6) is 0 Å². The molecule has 8 bridgehead atoms. The van der Waals surface area contributed by atoms with Gasteiger partial charge in [-0.25, -0.2) is 0 Å². The van der Waals surface area contributed by atoms with Gasteiger partial charge in [-0.2, -0.15) is 0 Å². The molecule has 15 saturated carbocycles. The van der Waals surface area contributed by atoms with Crippen LogP contribution in [0.4, 0.5) is 0 Å². The van der Waals surface area contributed by atoms with Crippen molar-refractivity contribution in [2.75, 3.05) is 6.54 Å². The zero-order chi connectivity index (χ0) is 64.0. The predicted octanol–water partition coefficient (Wildman–Crippen LogP) is 8.45. The van der Waals surface area contributed by atoms with Crippen LogP contribution in [0.3, 0.4) is 0 Å². The standard InChI is InChI=1S/C76H91NO13/c1-22-23(2)40(64(78)28(22)7)17-41-32(11)50(34(13)67(41)81)53-44-19-45(60-59(44)73(87)49(74(60)88)21-77-75(89)61-37-15-38(27(6)26(37)5)62(61)76(77)90)54(53)52-33(12)42(18-46-65(79)29(8)30(9)66(46)80)68(82)63(52)51-31(10)39-16-43(51)58-57(39)71(85)48(72(58)86)20-47-69(83)55-35-14-36(25(4)24(35)3)56(55)70(47)84/h22,24-31,34-63H,2,11-12,14-21H2,1,3-10,13H3. The Kier molecular flexibility index (Phi) is 13.0. The summed E-state index contributed by atoms with van der Waals surface area (Å²) in [5, 5.41) is 0. The number of carbonyl (C=O) groups is 13. The van der Waals surface area contributed by atoms with Crippen LogP contribution in [-0.2, 0) is 62.3 Å². The third-order valence-corrected chi connectivity index (χ3v) is 32.2. The number of rotatable bonds is 11. The van der Waals surface area contributed by atoms with Crippen molar-refractivity contribution in [3.63, 3.8) is 0 Å². The number of carbonyl (C=O) groups excluding carboxylic acids is 13. The van der Waals surface area contributed by atoms with Gasteiger partial charge in [0, 0.05) is 89.4 Å². The minimum atomic E-state index is -1.26. The number of fused-ring (bicyclic) bond motifs is 20. The molecular formula is C76H91NO13. The number of ketones is 11. The van der Waals surface area contributed by atoms with Crippen LogP contribution in [-0.4, -0.2) is 86.9 Å². The van der Waals surface area contributed by atoms with E-state index in [0.29, 0.717) is 35.8 Å². The minimum absolute atomic E-state index is 0.0359. The molecule has 1 aliphatic heterocycles. The Morgan fingerprint density at radius 2 is 0.556 bits per heavy atom. The molecule has 0 aromatic heterocycles. The van der Waals surface area contributed by atoms with Crippen molar-refractivity contribution < 1.29 is 62.3 Å². The molecule has 16 aliphatic rings. The Morgan fingerprint density at radius 1 is 0.267 bits per heavy atom. The number of hydrogen-bond donors (Lipinski definition) is 0. The molecule has 0 aromatic rings. The number of imide groups is 1. The first-order valence-corrected chi connectivity index (χ1v) is 35.4. The number of hydrogen-bond acceptors (Lipinski definition) is 13. The molecule has 1 heterocycles. The third-order valence-electron chi connectivity index (χ3n) is 32.2. The fourth-order valence-electron chi connectivity index (χ4n) is 27.3. The predicted molar refractivity (Wildman–Crippen MR) is 324 cm³/mol. The Labute approximate surface area is 528 Å². The molecular weight excluding hydrogens is 1130 g/mol. The number of allylic oxidation sites excluding steroid dienone is 3. The molecule has 1 saturated heterocycles. The summed E-state index contributed by atoms with van der Waals surface area (Å²) in [7, 11) is 0. The summed E-state index contributed by atoms with van der Waals surface area (Å²) < 4.78 is 0. The zero-order valence-corrected chi connectivity index (χ0v) is 54.0. The molecule has 90 heavy (non-hydrogen) atoms. The van der Waals surface area contributed by atoms with Gasteiger partial charge in [-0.1, -0.05) is 106 Å². The maximum Gasteiger partial charge on any atom is 0.233 e. The molecule has 37 atom stereocenters. The Bertz CT molecular complexity index is 3390. The first-order valence-electron chi connectivity index (χ1n) is 35.4. The van der Waals surface area contributed by atoms with Gasteiger partial charge in [0.1, 0.15) is 63.6 Å². The van der Waals surface area contributed by atoms with Gasteiger partial charge in [-0.05, 0) is 157 Å². The highest BCUT2D eigenvalue weighted by Gasteiger charge is 2.77. The van der Waals surface area contributed by atoms with Crippen LogP contribution in [0.25, 0.3) is 0 Å². The smallest absolute Gasteiger partial charge is 0.233 e. The van der Waals surface area contributed by atoms with E-state index in [1.807, 2.05) is 20.8 Å². The van der Waals surface area contributed by atoms with Crippen molar-refractivity contribution >= 4 is 75.4 Å². The van der Waals surface area contributed by atoms with Gasteiger partial charge in [-0.3, -0.25) is 67.2 Å². The SMILES string of the molecule is C=C1C(CC2C(=C)C(C3C4CC(C5C(=O)C(CN6C(=O)C7C8CC(C(C)C8C)C7C6=O)C(=O)C45)C3C3C(=C)C(CC4C(=O)C(C)C(C)C4=O)C(=O)C3C3C(C)C4CC3C3C(=O)C(CC5C(=O)C6C7CC(C(C)C7C)C6C5=O)C(=O)C43)C(C)C2=O)C(=O)C(C)C1C. The van der Waals surface area contributed by atoms with E-state index in [4.69, 9.17) is 13.2 Å². The largest absolute Gasteiger partial charge is 0.299 e. The van der Waals surface area contributed by atoms with Crippen LogP contribution in [0, 0.1) is 231 Å². The lowest BCUT2D eigenvalue weighted by atomic mass is 9.55. The lowest BCUT2D eigenvalue weighted by molar-refractivity contribution is -0.143. The quantitative estimate of drug-likeness (QED) is 0.108. The Hall–Kier alpha value is -5.27. The van der Waals surface area contributed by atoms with Gasteiger partial charge in [0.2, 0.25) is 11.8 Å². The second kappa shape index (κ2) is 19.7. The summed E-state index contributed by atoms with van der Waals surface area (Å²) in [6, 6.07) is 0. The first kappa shape index (κ1) is 59.7. The molecule has 37 unspecified atom stereocenters. The summed E-state index contributed by atoms with van der Waals surface area (Å²) >= 11 is 0. The molecule has 16 rings (SSSR count). The molecule has 14 heteroatoms. The number of amides is 2. The Balaban J connectivity index is 0.770. The van der Waals surface area contributed by atoms with Crippen LogP contribution in [0.1, 0.15) is 114 Å². The second-order valence-corrected chi connectivity index (χ2v) is 34.0. The fourth-order valence-corrected chi connectivity index (χ4v) is 27.3. The van der Waals surface area contributed by atoms with Crippen LogP contribution < -0.4 is 0 Å². The number of likely N-dealkylation sites (tertiary alicyclic amines) is 1.